The molecule has 1 rings (SSSR count). The highest BCUT2D eigenvalue weighted by Gasteiger charge is 2.12. The van der Waals surface area contributed by atoms with Gasteiger partial charge in [0.15, 0.2) is 0 Å². The number of hydrogen-bond donors (Lipinski definition) is 2. The van der Waals surface area contributed by atoms with E-state index in [0.29, 0.717) is 0 Å². The average Bonchev–Trinajstić information content (AvgIpc) is 2.08. The first-order valence-corrected chi connectivity index (χ1v) is 5.32. The quantitative estimate of drug-likeness (QED) is 0.840. The van der Waals surface area contributed by atoms with Crippen LogP contribution in [0.15, 0.2) is 18.2 Å². The van der Waals surface area contributed by atoms with Crippen molar-refractivity contribution in [2.24, 2.45) is 5.73 Å². The number of nitrogens with two attached hydrogens (primary N) is 1. The summed E-state index contributed by atoms with van der Waals surface area (Å²) < 4.78 is 1.07. The fraction of sp³-hybridized carbons (Fsp3) is 0.300. The van der Waals surface area contributed by atoms with Crippen LogP contribution in [0.2, 0.25) is 0 Å². The molecule has 1 aromatic rings. The molecule has 0 radical (unpaired) electrons. The second-order valence-corrected chi connectivity index (χ2v) is 4.45. The van der Waals surface area contributed by atoms with E-state index >= 15 is 0 Å². The second-order valence-electron chi connectivity index (χ2n) is 3.21. The van der Waals surface area contributed by atoms with E-state index < -0.39 is 12.0 Å². The van der Waals surface area contributed by atoms with Gasteiger partial charge < -0.3 is 10.8 Å². The van der Waals surface area contributed by atoms with Crippen molar-refractivity contribution in [1.82, 2.24) is 0 Å². The van der Waals surface area contributed by atoms with Crippen molar-refractivity contribution < 1.29 is 9.90 Å². The molecule has 0 saturated carbocycles. The SMILES string of the molecule is Cc1ccc(I)cc1[C@@H](N)CC(=O)O. The van der Waals surface area contributed by atoms with E-state index in [1.165, 1.54) is 0 Å². The zero-order valence-corrected chi connectivity index (χ0v) is 9.98. The first-order valence-electron chi connectivity index (χ1n) is 4.24. The normalized spacial score (nSPS) is 12.5. The van der Waals surface area contributed by atoms with E-state index in [1.807, 2.05) is 25.1 Å². The minimum Gasteiger partial charge on any atom is -0.481 e. The number of halogens is 1. The van der Waals surface area contributed by atoms with Crippen molar-refractivity contribution in [3.63, 3.8) is 0 Å². The molecular formula is C10H12INO2. The molecule has 0 aliphatic carbocycles. The van der Waals surface area contributed by atoms with Crippen LogP contribution in [0.1, 0.15) is 23.6 Å². The highest BCUT2D eigenvalue weighted by molar-refractivity contribution is 14.1. The van der Waals surface area contributed by atoms with Crippen LogP contribution in [0.3, 0.4) is 0 Å². The molecule has 3 nitrogen and oxygen atoms in total. The van der Waals surface area contributed by atoms with Crippen LogP contribution in [-0.2, 0) is 4.79 Å². The summed E-state index contributed by atoms with van der Waals surface area (Å²) >= 11 is 2.19. The van der Waals surface area contributed by atoms with E-state index in [-0.39, 0.29) is 6.42 Å². The lowest BCUT2D eigenvalue weighted by Gasteiger charge is -2.12. The van der Waals surface area contributed by atoms with Crippen molar-refractivity contribution in [3.05, 3.63) is 32.9 Å². The summed E-state index contributed by atoms with van der Waals surface area (Å²) in [6.45, 7) is 1.94. The van der Waals surface area contributed by atoms with Crippen LogP contribution in [0.25, 0.3) is 0 Å². The van der Waals surface area contributed by atoms with Gasteiger partial charge in [0.05, 0.1) is 6.42 Å². The van der Waals surface area contributed by atoms with Crippen molar-refractivity contribution >= 4 is 28.6 Å². The number of rotatable bonds is 3. The lowest BCUT2D eigenvalue weighted by molar-refractivity contribution is -0.137. The Labute approximate surface area is 96.4 Å². The van der Waals surface area contributed by atoms with Crippen molar-refractivity contribution in [2.75, 3.05) is 0 Å². The van der Waals surface area contributed by atoms with Crippen LogP contribution in [0.4, 0.5) is 0 Å². The number of aliphatic carboxylic acids is 1. The summed E-state index contributed by atoms with van der Waals surface area (Å²) in [5.41, 5.74) is 7.74. The van der Waals surface area contributed by atoms with Crippen LogP contribution in [0, 0.1) is 10.5 Å². The van der Waals surface area contributed by atoms with Crippen molar-refractivity contribution in [3.8, 4) is 0 Å². The maximum absolute atomic E-state index is 10.5. The third-order valence-corrected chi connectivity index (χ3v) is 2.71. The molecule has 14 heavy (non-hydrogen) atoms. The summed E-state index contributed by atoms with van der Waals surface area (Å²) in [7, 11) is 0. The molecule has 0 heterocycles. The second kappa shape index (κ2) is 4.75. The zero-order valence-electron chi connectivity index (χ0n) is 7.83. The fourth-order valence-corrected chi connectivity index (χ4v) is 1.82. The first-order chi connectivity index (χ1) is 6.50. The van der Waals surface area contributed by atoms with Gasteiger partial charge >= 0.3 is 5.97 Å². The molecule has 0 aromatic heterocycles. The van der Waals surface area contributed by atoms with Gasteiger partial charge in [-0.1, -0.05) is 6.07 Å². The van der Waals surface area contributed by atoms with E-state index in [9.17, 15) is 4.79 Å². The minimum absolute atomic E-state index is 0.0269. The average molecular weight is 305 g/mol. The number of hydrogen-bond acceptors (Lipinski definition) is 2. The van der Waals surface area contributed by atoms with E-state index in [4.69, 9.17) is 10.8 Å². The molecule has 0 saturated heterocycles. The van der Waals surface area contributed by atoms with Gasteiger partial charge in [-0.25, -0.2) is 0 Å². The molecule has 3 N–H and O–H groups in total. The smallest absolute Gasteiger partial charge is 0.305 e. The van der Waals surface area contributed by atoms with Gasteiger partial charge in [-0.3, -0.25) is 4.79 Å². The molecule has 0 aliphatic rings. The van der Waals surface area contributed by atoms with Gasteiger partial charge in [0.2, 0.25) is 0 Å². The molecule has 0 spiro atoms. The third kappa shape index (κ3) is 2.95. The largest absolute Gasteiger partial charge is 0.481 e. The Morgan fingerprint density at radius 2 is 2.29 bits per heavy atom. The lowest BCUT2D eigenvalue weighted by atomic mass is 10.00. The van der Waals surface area contributed by atoms with Crippen LogP contribution in [-0.4, -0.2) is 11.1 Å². The Hall–Kier alpha value is -0.620. The van der Waals surface area contributed by atoms with Gasteiger partial charge in [0.1, 0.15) is 0 Å². The Morgan fingerprint density at radius 1 is 1.64 bits per heavy atom. The lowest BCUT2D eigenvalue weighted by Crippen LogP contribution is -2.16. The molecule has 0 amide bonds. The number of carboxylic acids is 1. The molecule has 0 unspecified atom stereocenters. The monoisotopic (exact) mass is 305 g/mol. The number of carboxylic acid groups (broad SMARTS) is 1. The summed E-state index contributed by atoms with van der Waals surface area (Å²) in [5, 5.41) is 8.62. The van der Waals surface area contributed by atoms with Gasteiger partial charge in [0.25, 0.3) is 0 Å². The summed E-state index contributed by atoms with van der Waals surface area (Å²) in [5.74, 6) is -0.865. The highest BCUT2D eigenvalue weighted by atomic mass is 127. The molecule has 0 fully saturated rings. The molecule has 76 valence electrons. The Balaban J connectivity index is 2.93. The maximum atomic E-state index is 10.5. The maximum Gasteiger partial charge on any atom is 0.305 e. The molecular weight excluding hydrogens is 293 g/mol. The predicted octanol–water partition coefficient (Wildman–Crippen LogP) is 2.07. The summed E-state index contributed by atoms with van der Waals surface area (Å²) in [6, 6.07) is 5.46. The van der Waals surface area contributed by atoms with Gasteiger partial charge in [-0.05, 0) is 52.8 Å². The standard InChI is InChI=1S/C10H12INO2/c1-6-2-3-7(11)4-8(6)9(12)5-10(13)14/h2-4,9H,5,12H2,1H3,(H,13,14)/t9-/m0/s1. The molecule has 0 bridgehead atoms. The Kier molecular flexibility index (Phi) is 3.88. The molecule has 1 aromatic carbocycles. The summed E-state index contributed by atoms with van der Waals surface area (Å²) in [4.78, 5) is 10.5. The number of carbonyl (C=O) groups is 1. The minimum atomic E-state index is -0.865. The van der Waals surface area contributed by atoms with Crippen LogP contribution < -0.4 is 5.73 Å². The van der Waals surface area contributed by atoms with Crippen LogP contribution >= 0.6 is 22.6 Å². The molecule has 0 aliphatic heterocycles. The topological polar surface area (TPSA) is 63.3 Å². The highest BCUT2D eigenvalue weighted by Crippen LogP contribution is 2.20. The Morgan fingerprint density at radius 3 is 2.86 bits per heavy atom. The van der Waals surface area contributed by atoms with Gasteiger partial charge in [0, 0.05) is 9.61 Å². The number of aryl methyl sites for hydroxylation is 1. The fourth-order valence-electron chi connectivity index (χ4n) is 1.31. The van der Waals surface area contributed by atoms with Crippen molar-refractivity contribution in [1.29, 1.82) is 0 Å². The zero-order chi connectivity index (χ0) is 10.7. The van der Waals surface area contributed by atoms with Crippen LogP contribution in [0.5, 0.6) is 0 Å². The van der Waals surface area contributed by atoms with E-state index in [0.717, 1.165) is 14.7 Å². The van der Waals surface area contributed by atoms with Gasteiger partial charge in [-0.2, -0.15) is 0 Å². The third-order valence-electron chi connectivity index (χ3n) is 2.04. The molecule has 1 atom stereocenters. The van der Waals surface area contributed by atoms with Gasteiger partial charge in [-0.15, -0.1) is 0 Å². The first kappa shape index (κ1) is 11.5. The predicted molar refractivity (Wildman–Crippen MR) is 63.1 cm³/mol. The Bertz CT molecular complexity index is 352. The molecule has 4 heteroatoms. The van der Waals surface area contributed by atoms with E-state index in [2.05, 4.69) is 22.6 Å². The number of benzene rings is 1. The van der Waals surface area contributed by atoms with E-state index in [1.54, 1.807) is 0 Å². The van der Waals surface area contributed by atoms with Crippen molar-refractivity contribution in [2.45, 2.75) is 19.4 Å². The summed E-state index contributed by atoms with van der Waals surface area (Å²) in [6.07, 6.45) is -0.0269.